The van der Waals surface area contributed by atoms with Crippen LogP contribution in [0.3, 0.4) is 0 Å². The number of imidazole rings is 1. The molecule has 0 radical (unpaired) electrons. The molecule has 0 amide bonds. The van der Waals surface area contributed by atoms with E-state index in [4.69, 9.17) is 0 Å². The minimum Gasteiger partial charge on any atom is -1.00 e. The van der Waals surface area contributed by atoms with E-state index in [0.717, 1.165) is 19.5 Å². The predicted molar refractivity (Wildman–Crippen MR) is 98.5 cm³/mol. The van der Waals surface area contributed by atoms with Gasteiger partial charge in [0.05, 0.1) is 6.54 Å². The van der Waals surface area contributed by atoms with Crippen molar-refractivity contribution in [3.05, 3.63) is 18.7 Å². The smallest absolute Gasteiger partial charge is 0.244 e. The van der Waals surface area contributed by atoms with Crippen molar-refractivity contribution >= 4 is 8.07 Å². The van der Waals surface area contributed by atoms with Gasteiger partial charge in [-0.3, -0.25) is 0 Å². The van der Waals surface area contributed by atoms with E-state index in [0.29, 0.717) is 0 Å². The van der Waals surface area contributed by atoms with Crippen LogP contribution in [0.2, 0.25) is 25.7 Å². The van der Waals surface area contributed by atoms with Crippen molar-refractivity contribution in [2.24, 2.45) is 0 Å². The Morgan fingerprint density at radius 3 is 2.48 bits per heavy atom. The zero-order chi connectivity index (χ0) is 16.3. The third-order valence-electron chi connectivity index (χ3n) is 3.88. The summed E-state index contributed by atoms with van der Waals surface area (Å²) in [6.07, 6.45) is 15.4. The van der Waals surface area contributed by atoms with Crippen LogP contribution in [0.25, 0.3) is 0 Å². The Labute approximate surface area is 162 Å². The van der Waals surface area contributed by atoms with Gasteiger partial charge >= 0.3 is 0 Å². The number of rotatable bonds is 10. The maximum atomic E-state index is 3.28. The Bertz CT molecular complexity index is 466. The van der Waals surface area contributed by atoms with E-state index < -0.39 is 8.07 Å². The molecule has 0 saturated heterocycles. The van der Waals surface area contributed by atoms with E-state index in [2.05, 4.69) is 66.3 Å². The average molecular weight is 446 g/mol. The van der Waals surface area contributed by atoms with Crippen molar-refractivity contribution in [1.82, 2.24) is 4.57 Å². The molecule has 0 aromatic carbocycles. The third kappa shape index (κ3) is 12.8. The summed E-state index contributed by atoms with van der Waals surface area (Å²) in [6.45, 7) is 11.6. The van der Waals surface area contributed by atoms with Crippen LogP contribution in [0.15, 0.2) is 18.7 Å². The van der Waals surface area contributed by atoms with Gasteiger partial charge in [0.15, 0.2) is 6.54 Å². The van der Waals surface area contributed by atoms with Gasteiger partial charge in [0.2, 0.25) is 6.33 Å². The second-order valence-electron chi connectivity index (χ2n) is 7.51. The van der Waals surface area contributed by atoms with Gasteiger partial charge in [0.1, 0.15) is 12.4 Å². The molecule has 0 atom stereocenters. The molecule has 0 spiro atoms. The second-order valence-corrected chi connectivity index (χ2v) is 13.1. The molecule has 23 heavy (non-hydrogen) atoms. The van der Waals surface area contributed by atoms with Crippen LogP contribution >= 0.6 is 0 Å². The predicted octanol–water partition coefficient (Wildman–Crippen LogP) is 1.87. The molecule has 4 heteroatoms. The maximum Gasteiger partial charge on any atom is 0.244 e. The van der Waals surface area contributed by atoms with Gasteiger partial charge < -0.3 is 24.0 Å². The molecule has 0 aliphatic heterocycles. The molecule has 0 fully saturated rings. The van der Waals surface area contributed by atoms with Crippen molar-refractivity contribution < 1.29 is 28.5 Å². The number of hydrogen-bond donors (Lipinski definition) is 0. The second kappa shape index (κ2) is 13.1. The SMILES string of the molecule is CCCCCC#CCn1cc[n+](CCCCC[Si](C)(C)C)c1.[I-]. The summed E-state index contributed by atoms with van der Waals surface area (Å²) in [7, 11) is -0.836. The number of unbranched alkanes of at least 4 members (excludes halogenated alkanes) is 5. The summed E-state index contributed by atoms with van der Waals surface area (Å²) in [5.74, 6) is 6.55. The van der Waals surface area contributed by atoms with Crippen LogP contribution < -0.4 is 28.5 Å². The summed E-state index contributed by atoms with van der Waals surface area (Å²) < 4.78 is 4.49. The van der Waals surface area contributed by atoms with Crippen molar-refractivity contribution in [3.8, 4) is 11.8 Å². The lowest BCUT2D eigenvalue weighted by Gasteiger charge is -2.14. The molecule has 0 aliphatic carbocycles. The van der Waals surface area contributed by atoms with Crippen LogP contribution in [0, 0.1) is 11.8 Å². The molecular formula is C19H35IN2Si. The number of halogens is 1. The van der Waals surface area contributed by atoms with Crippen molar-refractivity contribution in [1.29, 1.82) is 0 Å². The normalized spacial score (nSPS) is 10.8. The third-order valence-corrected chi connectivity index (χ3v) is 5.73. The highest BCUT2D eigenvalue weighted by Crippen LogP contribution is 2.13. The van der Waals surface area contributed by atoms with Gasteiger partial charge in [-0.05, 0) is 19.3 Å². The quantitative estimate of drug-likeness (QED) is 0.171. The van der Waals surface area contributed by atoms with Gasteiger partial charge in [-0.2, -0.15) is 0 Å². The highest BCUT2D eigenvalue weighted by molar-refractivity contribution is 6.76. The number of aryl methyl sites for hydroxylation is 1. The monoisotopic (exact) mass is 446 g/mol. The average Bonchev–Trinajstić information content (AvgIpc) is 2.89. The fourth-order valence-corrected chi connectivity index (χ4v) is 3.80. The van der Waals surface area contributed by atoms with E-state index in [1.165, 1.54) is 44.6 Å². The zero-order valence-corrected chi connectivity index (χ0v) is 18.7. The van der Waals surface area contributed by atoms with Crippen LogP contribution in [0.1, 0.15) is 51.9 Å². The zero-order valence-electron chi connectivity index (χ0n) is 15.6. The van der Waals surface area contributed by atoms with Gasteiger partial charge in [-0.1, -0.05) is 63.7 Å². The van der Waals surface area contributed by atoms with Gasteiger partial charge in [-0.15, -0.1) is 0 Å². The summed E-state index contributed by atoms with van der Waals surface area (Å²) in [5.41, 5.74) is 0. The standard InChI is InChI=1S/C19H35N2Si.HI/c1-5-6-7-8-9-11-14-20-16-17-21(19-20)15-12-10-13-18-22(2,3)4;/h16-17,19H,5-8,10,12-15,18H2,1-4H3;1H/q+1;/p-1. The van der Waals surface area contributed by atoms with E-state index >= 15 is 0 Å². The molecule has 0 aliphatic rings. The van der Waals surface area contributed by atoms with Crippen LogP contribution in [-0.4, -0.2) is 12.6 Å². The number of hydrogen-bond acceptors (Lipinski definition) is 0. The number of nitrogens with zero attached hydrogens (tertiary/aromatic N) is 2. The Kier molecular flexibility index (Phi) is 12.9. The Morgan fingerprint density at radius 2 is 1.78 bits per heavy atom. The Balaban J connectivity index is 0.00000484. The first-order valence-corrected chi connectivity index (χ1v) is 12.7. The highest BCUT2D eigenvalue weighted by atomic mass is 127. The van der Waals surface area contributed by atoms with Crippen molar-refractivity contribution in [3.63, 3.8) is 0 Å². The first kappa shape index (κ1) is 22.7. The summed E-state index contributed by atoms with van der Waals surface area (Å²) in [6, 6.07) is 1.46. The highest BCUT2D eigenvalue weighted by Gasteiger charge is 2.11. The Morgan fingerprint density at radius 1 is 1.00 bits per heavy atom. The van der Waals surface area contributed by atoms with Crippen molar-refractivity contribution in [2.45, 2.75) is 90.6 Å². The first-order chi connectivity index (χ1) is 10.5. The molecule has 1 aromatic heterocycles. The van der Waals surface area contributed by atoms with Crippen LogP contribution in [-0.2, 0) is 13.1 Å². The molecule has 1 aromatic rings. The van der Waals surface area contributed by atoms with E-state index in [-0.39, 0.29) is 24.0 Å². The molecule has 0 unspecified atom stereocenters. The minimum absolute atomic E-state index is 0. The fraction of sp³-hybridized carbons (Fsp3) is 0.737. The first-order valence-electron chi connectivity index (χ1n) is 9.02. The van der Waals surface area contributed by atoms with Crippen LogP contribution in [0.4, 0.5) is 0 Å². The largest absolute Gasteiger partial charge is 1.00 e. The Hall–Kier alpha value is -0.283. The van der Waals surface area contributed by atoms with Crippen molar-refractivity contribution in [2.75, 3.05) is 0 Å². The molecule has 2 nitrogen and oxygen atoms in total. The van der Waals surface area contributed by atoms with Gasteiger partial charge in [-0.25, -0.2) is 9.13 Å². The lowest BCUT2D eigenvalue weighted by molar-refractivity contribution is -0.696. The van der Waals surface area contributed by atoms with Gasteiger partial charge in [0.25, 0.3) is 0 Å². The molecule has 0 saturated carbocycles. The van der Waals surface area contributed by atoms with E-state index in [1.807, 2.05) is 0 Å². The minimum atomic E-state index is -0.836. The summed E-state index contributed by atoms with van der Waals surface area (Å²) >= 11 is 0. The molecule has 1 rings (SSSR count). The van der Waals surface area contributed by atoms with Crippen LogP contribution in [0.5, 0.6) is 0 Å². The lowest BCUT2D eigenvalue weighted by atomic mass is 10.2. The molecule has 1 heterocycles. The fourth-order valence-electron chi connectivity index (χ4n) is 2.49. The molecule has 0 N–H and O–H groups in total. The molecule has 132 valence electrons. The summed E-state index contributed by atoms with van der Waals surface area (Å²) in [4.78, 5) is 0. The lowest BCUT2D eigenvalue weighted by Crippen LogP contribution is -3.00. The van der Waals surface area contributed by atoms with E-state index in [1.54, 1.807) is 0 Å². The molecular weight excluding hydrogens is 411 g/mol. The topological polar surface area (TPSA) is 8.81 Å². The van der Waals surface area contributed by atoms with E-state index in [9.17, 15) is 0 Å². The maximum absolute atomic E-state index is 3.28. The summed E-state index contributed by atoms with van der Waals surface area (Å²) in [5, 5.41) is 0. The number of aromatic nitrogens is 2. The van der Waals surface area contributed by atoms with Gasteiger partial charge in [0, 0.05) is 14.5 Å². The molecule has 0 bridgehead atoms.